The molecule has 5 heteroatoms. The lowest BCUT2D eigenvalue weighted by Crippen LogP contribution is -2.53. The minimum atomic E-state index is -0.786. The number of rotatable bonds is 4. The number of carbonyl (C=O) groups is 2. The Balaban J connectivity index is 1.63. The van der Waals surface area contributed by atoms with E-state index in [9.17, 15) is 9.59 Å². The van der Waals surface area contributed by atoms with Crippen molar-refractivity contribution < 1.29 is 9.59 Å². The van der Waals surface area contributed by atoms with Crippen LogP contribution in [-0.2, 0) is 9.59 Å². The Morgan fingerprint density at radius 2 is 1.72 bits per heavy atom. The Labute approximate surface area is 150 Å². The third-order valence-electron chi connectivity index (χ3n) is 5.50. The van der Waals surface area contributed by atoms with E-state index in [4.69, 9.17) is 0 Å². The van der Waals surface area contributed by atoms with E-state index >= 15 is 0 Å². The molecule has 3 rings (SSSR count). The number of nitrogens with zero attached hydrogens (tertiary/aromatic N) is 2. The van der Waals surface area contributed by atoms with Crippen molar-refractivity contribution in [2.75, 3.05) is 31.1 Å². The second-order valence-corrected chi connectivity index (χ2v) is 7.71. The first-order valence-corrected chi connectivity index (χ1v) is 9.26. The van der Waals surface area contributed by atoms with E-state index in [0.29, 0.717) is 25.9 Å². The largest absolute Gasteiger partial charge is 0.368 e. The normalized spacial score (nSPS) is 19.1. The summed E-state index contributed by atoms with van der Waals surface area (Å²) in [6, 6.07) is 6.44. The van der Waals surface area contributed by atoms with Gasteiger partial charge >= 0.3 is 0 Å². The number of hydrogen-bond acceptors (Lipinski definition) is 3. The molecule has 1 aliphatic heterocycles. The molecule has 1 saturated heterocycles. The van der Waals surface area contributed by atoms with Crippen LogP contribution in [0.15, 0.2) is 18.2 Å². The Kier molecular flexibility index (Phi) is 4.76. The van der Waals surface area contributed by atoms with E-state index in [2.05, 4.69) is 42.3 Å². The summed E-state index contributed by atoms with van der Waals surface area (Å²) in [5.41, 5.74) is 3.06. The highest BCUT2D eigenvalue weighted by molar-refractivity contribution is 6.08. The molecular weight excluding hydrogens is 314 g/mol. The van der Waals surface area contributed by atoms with Crippen LogP contribution < -0.4 is 10.2 Å². The quantitative estimate of drug-likeness (QED) is 0.853. The highest BCUT2D eigenvalue weighted by Crippen LogP contribution is 2.47. The van der Waals surface area contributed by atoms with Gasteiger partial charge in [0.2, 0.25) is 11.8 Å². The standard InChI is InChI=1S/C20H29N3O2/c1-14(2)21-18(24)20(8-9-20)19(25)23-12-10-22(11-13-23)17-7-5-6-15(3)16(17)4/h5-7,14H,8-13H2,1-4H3,(H,21,24). The fourth-order valence-electron chi connectivity index (χ4n) is 3.59. The van der Waals surface area contributed by atoms with Crippen LogP contribution in [0.4, 0.5) is 5.69 Å². The van der Waals surface area contributed by atoms with Gasteiger partial charge in [0.15, 0.2) is 0 Å². The van der Waals surface area contributed by atoms with Crippen LogP contribution in [-0.4, -0.2) is 48.9 Å². The van der Waals surface area contributed by atoms with Crippen LogP contribution in [0.1, 0.15) is 37.8 Å². The molecule has 0 aromatic heterocycles. The first-order chi connectivity index (χ1) is 11.8. The lowest BCUT2D eigenvalue weighted by atomic mass is 10.0. The summed E-state index contributed by atoms with van der Waals surface area (Å²) in [7, 11) is 0. The van der Waals surface area contributed by atoms with Crippen molar-refractivity contribution in [3.05, 3.63) is 29.3 Å². The van der Waals surface area contributed by atoms with Crippen LogP contribution in [0, 0.1) is 19.3 Å². The predicted molar refractivity (Wildman–Crippen MR) is 99.7 cm³/mol. The molecule has 1 heterocycles. The number of nitrogens with one attached hydrogen (secondary N) is 1. The second-order valence-electron chi connectivity index (χ2n) is 7.71. The van der Waals surface area contributed by atoms with Gasteiger partial charge in [-0.25, -0.2) is 0 Å². The maximum absolute atomic E-state index is 12.9. The first kappa shape index (κ1) is 17.8. The summed E-state index contributed by atoms with van der Waals surface area (Å²) >= 11 is 0. The van der Waals surface area contributed by atoms with Crippen molar-refractivity contribution in [3.63, 3.8) is 0 Å². The Bertz CT molecular complexity index is 672. The molecule has 2 amide bonds. The molecule has 0 bridgehead atoms. The van der Waals surface area contributed by atoms with Gasteiger partial charge in [0.05, 0.1) is 0 Å². The molecule has 1 aromatic carbocycles. The van der Waals surface area contributed by atoms with Gasteiger partial charge in [-0.15, -0.1) is 0 Å². The van der Waals surface area contributed by atoms with Gasteiger partial charge in [-0.1, -0.05) is 12.1 Å². The van der Waals surface area contributed by atoms with Crippen molar-refractivity contribution in [2.45, 2.75) is 46.6 Å². The molecule has 2 aliphatic rings. The van der Waals surface area contributed by atoms with Gasteiger partial charge in [-0.05, 0) is 57.7 Å². The summed E-state index contributed by atoms with van der Waals surface area (Å²) < 4.78 is 0. The highest BCUT2D eigenvalue weighted by atomic mass is 16.2. The topological polar surface area (TPSA) is 52.7 Å². The summed E-state index contributed by atoms with van der Waals surface area (Å²) in [6.07, 6.45) is 1.36. The highest BCUT2D eigenvalue weighted by Gasteiger charge is 2.58. The zero-order chi connectivity index (χ0) is 18.2. The van der Waals surface area contributed by atoms with E-state index in [0.717, 1.165) is 13.1 Å². The molecule has 2 fully saturated rings. The van der Waals surface area contributed by atoms with E-state index in [1.54, 1.807) is 0 Å². The molecule has 25 heavy (non-hydrogen) atoms. The summed E-state index contributed by atoms with van der Waals surface area (Å²) in [5.74, 6) is -0.0734. The third-order valence-corrected chi connectivity index (χ3v) is 5.50. The number of hydrogen-bond donors (Lipinski definition) is 1. The Hall–Kier alpha value is -2.04. The first-order valence-electron chi connectivity index (χ1n) is 9.26. The maximum atomic E-state index is 12.9. The Morgan fingerprint density at radius 1 is 1.08 bits per heavy atom. The molecule has 0 unspecified atom stereocenters. The Morgan fingerprint density at radius 3 is 2.28 bits per heavy atom. The van der Waals surface area contributed by atoms with Gasteiger partial charge in [0.1, 0.15) is 5.41 Å². The molecule has 0 spiro atoms. The third kappa shape index (κ3) is 3.37. The number of piperazine rings is 1. The van der Waals surface area contributed by atoms with Gasteiger partial charge in [0, 0.05) is 37.9 Å². The van der Waals surface area contributed by atoms with Crippen molar-refractivity contribution in [2.24, 2.45) is 5.41 Å². The average Bonchev–Trinajstić information content (AvgIpc) is 3.38. The van der Waals surface area contributed by atoms with E-state index < -0.39 is 5.41 Å². The fourth-order valence-corrected chi connectivity index (χ4v) is 3.59. The molecule has 1 aliphatic carbocycles. The summed E-state index contributed by atoms with van der Waals surface area (Å²) in [4.78, 5) is 29.6. The van der Waals surface area contributed by atoms with Crippen molar-refractivity contribution >= 4 is 17.5 Å². The number of anilines is 1. The van der Waals surface area contributed by atoms with Gasteiger partial charge in [-0.3, -0.25) is 9.59 Å². The number of carbonyl (C=O) groups excluding carboxylic acids is 2. The molecule has 1 N–H and O–H groups in total. The zero-order valence-electron chi connectivity index (χ0n) is 15.8. The van der Waals surface area contributed by atoms with E-state index in [-0.39, 0.29) is 17.9 Å². The number of aryl methyl sites for hydroxylation is 1. The van der Waals surface area contributed by atoms with E-state index in [1.165, 1.54) is 16.8 Å². The molecule has 1 aromatic rings. The molecule has 5 nitrogen and oxygen atoms in total. The van der Waals surface area contributed by atoms with Crippen LogP contribution in [0.2, 0.25) is 0 Å². The van der Waals surface area contributed by atoms with Gasteiger partial charge in [0.25, 0.3) is 0 Å². The molecule has 0 atom stereocenters. The van der Waals surface area contributed by atoms with Crippen molar-refractivity contribution in [1.29, 1.82) is 0 Å². The second kappa shape index (κ2) is 6.70. The molecule has 0 radical (unpaired) electrons. The van der Waals surface area contributed by atoms with Crippen molar-refractivity contribution in [3.8, 4) is 0 Å². The van der Waals surface area contributed by atoms with E-state index in [1.807, 2.05) is 18.7 Å². The molecular formula is C20H29N3O2. The minimum absolute atomic E-state index is 0.0197. The van der Waals surface area contributed by atoms with Crippen LogP contribution in [0.25, 0.3) is 0 Å². The molecule has 136 valence electrons. The smallest absolute Gasteiger partial charge is 0.238 e. The zero-order valence-corrected chi connectivity index (χ0v) is 15.8. The van der Waals surface area contributed by atoms with Gasteiger partial charge in [-0.2, -0.15) is 0 Å². The predicted octanol–water partition coefficient (Wildman–Crippen LogP) is 2.26. The lowest BCUT2D eigenvalue weighted by molar-refractivity contribution is -0.144. The number of benzene rings is 1. The van der Waals surface area contributed by atoms with Gasteiger partial charge < -0.3 is 15.1 Å². The van der Waals surface area contributed by atoms with Crippen molar-refractivity contribution in [1.82, 2.24) is 10.2 Å². The van der Waals surface area contributed by atoms with Crippen LogP contribution in [0.3, 0.4) is 0 Å². The summed E-state index contributed by atoms with van der Waals surface area (Å²) in [6.45, 7) is 11.1. The maximum Gasteiger partial charge on any atom is 0.238 e. The average molecular weight is 343 g/mol. The summed E-state index contributed by atoms with van der Waals surface area (Å²) in [5, 5.41) is 2.92. The monoisotopic (exact) mass is 343 g/mol. The van der Waals surface area contributed by atoms with Crippen LogP contribution >= 0.6 is 0 Å². The number of amides is 2. The molecule has 1 saturated carbocycles. The SMILES string of the molecule is Cc1cccc(N2CCN(C(=O)C3(C(=O)NC(C)C)CC3)CC2)c1C. The minimum Gasteiger partial charge on any atom is -0.368 e. The fraction of sp³-hybridized carbons (Fsp3) is 0.600. The lowest BCUT2D eigenvalue weighted by Gasteiger charge is -2.38. The van der Waals surface area contributed by atoms with Crippen LogP contribution in [0.5, 0.6) is 0 Å².